The Bertz CT molecular complexity index is 161. The molecule has 1 N–H and O–H groups in total. The van der Waals surface area contributed by atoms with Crippen LogP contribution in [0.15, 0.2) is 0 Å². The van der Waals surface area contributed by atoms with Gasteiger partial charge in [0, 0.05) is 25.7 Å². The maximum Gasteiger partial charge on any atom is 0.0558 e. The lowest BCUT2D eigenvalue weighted by Gasteiger charge is -2.28. The van der Waals surface area contributed by atoms with E-state index < -0.39 is 0 Å². The van der Waals surface area contributed by atoms with Crippen molar-refractivity contribution in [2.24, 2.45) is 5.92 Å². The molecule has 0 aromatic carbocycles. The number of nitrogens with zero attached hydrogens (tertiary/aromatic N) is 2. The average molecular weight is 200 g/mol. The molecule has 0 bridgehead atoms. The van der Waals surface area contributed by atoms with Crippen LogP contribution in [0.1, 0.15) is 20.3 Å². The molecule has 1 saturated heterocycles. The van der Waals surface area contributed by atoms with Gasteiger partial charge in [0.15, 0.2) is 0 Å². The van der Waals surface area contributed by atoms with Gasteiger partial charge in [-0.05, 0) is 39.8 Å². The van der Waals surface area contributed by atoms with E-state index in [0.29, 0.717) is 6.04 Å². The fourth-order valence-corrected chi connectivity index (χ4v) is 2.20. The third-order valence-corrected chi connectivity index (χ3v) is 3.10. The summed E-state index contributed by atoms with van der Waals surface area (Å²) in [4.78, 5) is 4.77. The number of likely N-dealkylation sites (tertiary alicyclic amines) is 1. The van der Waals surface area contributed by atoms with Crippen molar-refractivity contribution in [2.45, 2.75) is 26.3 Å². The van der Waals surface area contributed by atoms with Gasteiger partial charge in [-0.25, -0.2) is 0 Å². The summed E-state index contributed by atoms with van der Waals surface area (Å²) in [7, 11) is 2.19. The standard InChI is InChI=1S/C11H24N2O/c1-10(2)13(6-7-14)9-11-4-5-12(3)8-11/h10-11,14H,4-9H2,1-3H3/t11-/m1/s1. The SMILES string of the molecule is CC(C)N(CCO)C[C@@H]1CCN(C)C1. The van der Waals surface area contributed by atoms with Crippen LogP contribution in [0.5, 0.6) is 0 Å². The molecule has 0 spiro atoms. The molecule has 1 aliphatic heterocycles. The van der Waals surface area contributed by atoms with E-state index in [1.807, 2.05) is 0 Å². The molecule has 0 aliphatic carbocycles. The zero-order valence-electron chi connectivity index (χ0n) is 9.74. The number of rotatable bonds is 5. The summed E-state index contributed by atoms with van der Waals surface area (Å²) in [5.41, 5.74) is 0. The van der Waals surface area contributed by atoms with Gasteiger partial charge in [0.05, 0.1) is 6.61 Å². The Morgan fingerprint density at radius 1 is 1.50 bits per heavy atom. The van der Waals surface area contributed by atoms with Crippen LogP contribution in [0, 0.1) is 5.92 Å². The smallest absolute Gasteiger partial charge is 0.0558 e. The number of aliphatic hydroxyl groups is 1. The molecule has 14 heavy (non-hydrogen) atoms. The lowest BCUT2D eigenvalue weighted by atomic mass is 10.1. The molecule has 0 amide bonds. The topological polar surface area (TPSA) is 26.7 Å². The van der Waals surface area contributed by atoms with E-state index in [2.05, 4.69) is 30.7 Å². The highest BCUT2D eigenvalue weighted by atomic mass is 16.3. The van der Waals surface area contributed by atoms with E-state index in [4.69, 9.17) is 5.11 Å². The predicted molar refractivity (Wildman–Crippen MR) is 59.4 cm³/mol. The highest BCUT2D eigenvalue weighted by molar-refractivity contribution is 4.77. The van der Waals surface area contributed by atoms with Crippen LogP contribution < -0.4 is 0 Å². The molecule has 1 heterocycles. The van der Waals surface area contributed by atoms with Crippen LogP contribution in [-0.2, 0) is 0 Å². The summed E-state index contributed by atoms with van der Waals surface area (Å²) in [6, 6.07) is 0.549. The van der Waals surface area contributed by atoms with Crippen molar-refractivity contribution in [3.8, 4) is 0 Å². The highest BCUT2D eigenvalue weighted by Crippen LogP contribution is 2.16. The van der Waals surface area contributed by atoms with Gasteiger partial charge in [0.2, 0.25) is 0 Å². The lowest BCUT2D eigenvalue weighted by molar-refractivity contribution is 0.146. The molecule has 3 nitrogen and oxygen atoms in total. The third-order valence-electron chi connectivity index (χ3n) is 3.10. The Kier molecular flexibility index (Phi) is 4.85. The largest absolute Gasteiger partial charge is 0.395 e. The Labute approximate surface area is 87.7 Å². The van der Waals surface area contributed by atoms with Gasteiger partial charge in [-0.2, -0.15) is 0 Å². The van der Waals surface area contributed by atoms with Gasteiger partial charge in [-0.1, -0.05) is 0 Å². The van der Waals surface area contributed by atoms with E-state index in [9.17, 15) is 0 Å². The first-order valence-corrected chi connectivity index (χ1v) is 5.67. The molecule has 84 valence electrons. The number of hydrogen-bond donors (Lipinski definition) is 1. The Hall–Kier alpha value is -0.120. The zero-order valence-corrected chi connectivity index (χ0v) is 9.74. The fourth-order valence-electron chi connectivity index (χ4n) is 2.20. The average Bonchev–Trinajstić information content (AvgIpc) is 2.50. The first-order chi connectivity index (χ1) is 6.63. The molecule has 0 aromatic rings. The minimum absolute atomic E-state index is 0.279. The Morgan fingerprint density at radius 2 is 2.21 bits per heavy atom. The summed E-state index contributed by atoms with van der Waals surface area (Å²) in [5.74, 6) is 0.800. The van der Waals surface area contributed by atoms with Crippen molar-refractivity contribution in [2.75, 3.05) is 39.8 Å². The maximum absolute atomic E-state index is 8.96. The second kappa shape index (κ2) is 5.69. The van der Waals surface area contributed by atoms with E-state index in [-0.39, 0.29) is 6.61 Å². The van der Waals surface area contributed by atoms with Crippen molar-refractivity contribution in [1.29, 1.82) is 0 Å². The maximum atomic E-state index is 8.96. The molecule has 1 aliphatic rings. The Balaban J connectivity index is 2.31. The highest BCUT2D eigenvalue weighted by Gasteiger charge is 2.22. The van der Waals surface area contributed by atoms with Gasteiger partial charge in [-0.3, -0.25) is 4.90 Å². The third kappa shape index (κ3) is 3.56. The summed E-state index contributed by atoms with van der Waals surface area (Å²) in [6.45, 7) is 9.09. The predicted octanol–water partition coefficient (Wildman–Crippen LogP) is 0.641. The molecule has 0 aromatic heterocycles. The van der Waals surface area contributed by atoms with Gasteiger partial charge in [0.1, 0.15) is 0 Å². The molecule has 1 atom stereocenters. The van der Waals surface area contributed by atoms with E-state index >= 15 is 0 Å². The minimum Gasteiger partial charge on any atom is -0.395 e. The molecular weight excluding hydrogens is 176 g/mol. The minimum atomic E-state index is 0.279. The van der Waals surface area contributed by atoms with Crippen LogP contribution >= 0.6 is 0 Å². The molecule has 3 heteroatoms. The van der Waals surface area contributed by atoms with Gasteiger partial charge >= 0.3 is 0 Å². The molecule has 1 fully saturated rings. The number of aliphatic hydroxyl groups excluding tert-OH is 1. The van der Waals surface area contributed by atoms with E-state index in [1.54, 1.807) is 0 Å². The van der Waals surface area contributed by atoms with Crippen LogP contribution in [0.2, 0.25) is 0 Å². The first kappa shape index (κ1) is 12.0. The fraction of sp³-hybridized carbons (Fsp3) is 1.00. The molecule has 1 rings (SSSR count). The quantitative estimate of drug-likeness (QED) is 0.705. The monoisotopic (exact) mass is 200 g/mol. The zero-order chi connectivity index (χ0) is 10.6. The van der Waals surface area contributed by atoms with Gasteiger partial charge in [0.25, 0.3) is 0 Å². The van der Waals surface area contributed by atoms with Gasteiger partial charge < -0.3 is 10.0 Å². The van der Waals surface area contributed by atoms with Crippen molar-refractivity contribution < 1.29 is 5.11 Å². The van der Waals surface area contributed by atoms with Crippen LogP contribution in [0.3, 0.4) is 0 Å². The van der Waals surface area contributed by atoms with Crippen LogP contribution in [-0.4, -0.2) is 60.8 Å². The van der Waals surface area contributed by atoms with Gasteiger partial charge in [-0.15, -0.1) is 0 Å². The van der Waals surface area contributed by atoms with Crippen molar-refractivity contribution in [3.63, 3.8) is 0 Å². The summed E-state index contributed by atoms with van der Waals surface area (Å²) < 4.78 is 0. The normalized spacial score (nSPS) is 24.0. The molecule has 0 unspecified atom stereocenters. The van der Waals surface area contributed by atoms with E-state index in [0.717, 1.165) is 19.0 Å². The summed E-state index contributed by atoms with van der Waals surface area (Å²) in [5, 5.41) is 8.96. The van der Waals surface area contributed by atoms with Crippen LogP contribution in [0.4, 0.5) is 0 Å². The lowest BCUT2D eigenvalue weighted by Crippen LogP contribution is -2.38. The summed E-state index contributed by atoms with van der Waals surface area (Å²) >= 11 is 0. The summed E-state index contributed by atoms with van der Waals surface area (Å²) in [6.07, 6.45) is 1.31. The van der Waals surface area contributed by atoms with Crippen molar-refractivity contribution in [1.82, 2.24) is 9.80 Å². The van der Waals surface area contributed by atoms with Crippen molar-refractivity contribution in [3.05, 3.63) is 0 Å². The Morgan fingerprint density at radius 3 is 2.64 bits per heavy atom. The molecular formula is C11H24N2O. The van der Waals surface area contributed by atoms with Crippen molar-refractivity contribution >= 4 is 0 Å². The van der Waals surface area contributed by atoms with E-state index in [1.165, 1.54) is 19.5 Å². The second-order valence-electron chi connectivity index (χ2n) is 4.73. The van der Waals surface area contributed by atoms with Crippen LogP contribution in [0.25, 0.3) is 0 Å². The second-order valence-corrected chi connectivity index (χ2v) is 4.73. The first-order valence-electron chi connectivity index (χ1n) is 5.67. The number of hydrogen-bond acceptors (Lipinski definition) is 3. The molecule has 0 saturated carbocycles. The molecule has 0 radical (unpaired) electrons.